The molecule has 0 fully saturated rings. The third-order valence-corrected chi connectivity index (χ3v) is 5.10. The van der Waals surface area contributed by atoms with Crippen molar-refractivity contribution in [3.63, 3.8) is 0 Å². The van der Waals surface area contributed by atoms with Gasteiger partial charge in [-0.05, 0) is 0 Å². The molecule has 0 radical (unpaired) electrons. The molecule has 0 amide bonds. The van der Waals surface area contributed by atoms with Crippen molar-refractivity contribution in [3.05, 3.63) is 0 Å². The van der Waals surface area contributed by atoms with Crippen LogP contribution in [0.3, 0.4) is 0 Å². The quantitative estimate of drug-likeness (QED) is 0.760. The van der Waals surface area contributed by atoms with E-state index in [1.807, 2.05) is 0 Å². The van der Waals surface area contributed by atoms with Gasteiger partial charge in [0.25, 0.3) is 0 Å². The van der Waals surface area contributed by atoms with Crippen LogP contribution in [0.1, 0.15) is 0 Å². The molecule has 0 spiro atoms. The van der Waals surface area contributed by atoms with Gasteiger partial charge < -0.3 is 0 Å². The maximum atomic E-state index is 5.45. The zero-order valence-corrected chi connectivity index (χ0v) is 7.30. The molecule has 1 atom stereocenters. The van der Waals surface area contributed by atoms with Crippen LogP contribution in [-0.2, 0) is 15.2 Å². The zero-order valence-electron chi connectivity index (χ0n) is 3.51. The van der Waals surface area contributed by atoms with Crippen LogP contribution < -0.4 is 11.5 Å². The van der Waals surface area contributed by atoms with Gasteiger partial charge in [0, 0.05) is 0 Å². The molecule has 0 aromatic heterocycles. The van der Waals surface area contributed by atoms with E-state index in [0.717, 1.165) is 0 Å². The Morgan fingerprint density at radius 3 is 2.00 bits per heavy atom. The van der Waals surface area contributed by atoms with Crippen molar-refractivity contribution in [2.24, 2.45) is 11.5 Å². The van der Waals surface area contributed by atoms with E-state index in [2.05, 4.69) is 0 Å². The summed E-state index contributed by atoms with van der Waals surface area (Å²) in [5.41, 5.74) is 10.4. The molecular formula is C2H7Cl2N2Pt. The van der Waals surface area contributed by atoms with Crippen molar-refractivity contribution < 1.29 is 15.2 Å². The van der Waals surface area contributed by atoms with Gasteiger partial charge in [-0.25, -0.2) is 0 Å². The van der Waals surface area contributed by atoms with Gasteiger partial charge in [-0.2, -0.15) is 0 Å². The maximum absolute atomic E-state index is 5.45. The van der Waals surface area contributed by atoms with Gasteiger partial charge in [-0.15, -0.1) is 0 Å². The average molecular weight is 325 g/mol. The van der Waals surface area contributed by atoms with Gasteiger partial charge in [-0.3, -0.25) is 0 Å². The van der Waals surface area contributed by atoms with Crippen LogP contribution in [0, 0.1) is 0 Å². The van der Waals surface area contributed by atoms with Crippen LogP contribution >= 0.6 is 18.8 Å². The first-order valence-electron chi connectivity index (χ1n) is 1.57. The number of rotatable bonds is 2. The fourth-order valence-electron chi connectivity index (χ4n) is 0.0563. The number of nitrogens with two attached hydrogens (primary N) is 2. The Morgan fingerprint density at radius 2 is 2.00 bits per heavy atom. The third kappa shape index (κ3) is 3.74. The first-order chi connectivity index (χ1) is 3.18. The first kappa shape index (κ1) is 8.19. The molecule has 2 nitrogen and oxygen atoms in total. The Bertz CT molecular complexity index is 51.0. The van der Waals surface area contributed by atoms with E-state index < -0.39 is 15.2 Å². The fraction of sp³-hybridized carbons (Fsp3) is 1.00. The fourth-order valence-corrected chi connectivity index (χ4v) is 1.38. The second-order valence-corrected chi connectivity index (χ2v) is 9.11. The van der Waals surface area contributed by atoms with Gasteiger partial charge in [0.05, 0.1) is 0 Å². The molecule has 0 aliphatic heterocycles. The van der Waals surface area contributed by atoms with Crippen molar-refractivity contribution in [1.29, 1.82) is 0 Å². The van der Waals surface area contributed by atoms with Gasteiger partial charge in [-0.1, -0.05) is 0 Å². The number of hydrogen-bond acceptors (Lipinski definition) is 2. The van der Waals surface area contributed by atoms with Gasteiger partial charge >= 0.3 is 56.5 Å². The molecule has 4 N–H and O–H groups in total. The van der Waals surface area contributed by atoms with E-state index in [0.29, 0.717) is 6.54 Å². The van der Waals surface area contributed by atoms with E-state index in [1.54, 1.807) is 0 Å². The second kappa shape index (κ2) is 4.11. The van der Waals surface area contributed by atoms with E-state index >= 15 is 0 Å². The van der Waals surface area contributed by atoms with Crippen molar-refractivity contribution >= 4 is 18.8 Å². The Morgan fingerprint density at radius 1 is 1.57 bits per heavy atom. The zero-order chi connectivity index (χ0) is 5.86. The Labute approximate surface area is 56.6 Å². The minimum atomic E-state index is -1.82. The molecule has 0 aromatic rings. The summed E-state index contributed by atoms with van der Waals surface area (Å²) in [6, 6.07) is 0. The summed E-state index contributed by atoms with van der Waals surface area (Å²) in [5, 5.41) is 0. The molecule has 0 aliphatic rings. The van der Waals surface area contributed by atoms with Crippen LogP contribution in [-0.4, -0.2) is 11.0 Å². The molecule has 49 valence electrons. The molecular weight excluding hydrogens is 318 g/mol. The Kier molecular flexibility index (Phi) is 4.80. The van der Waals surface area contributed by atoms with Crippen molar-refractivity contribution in [2.75, 3.05) is 6.54 Å². The monoisotopic (exact) mass is 324 g/mol. The van der Waals surface area contributed by atoms with Crippen LogP contribution in [0.5, 0.6) is 0 Å². The molecule has 1 unspecified atom stereocenters. The van der Waals surface area contributed by atoms with Crippen LogP contribution in [0.4, 0.5) is 0 Å². The molecule has 5 heteroatoms. The number of halogens is 2. The summed E-state index contributed by atoms with van der Waals surface area (Å²) in [7, 11) is 10.9. The second-order valence-electron chi connectivity index (χ2n) is 0.889. The predicted molar refractivity (Wildman–Crippen MR) is 28.7 cm³/mol. The molecule has 0 heterocycles. The minimum absolute atomic E-state index is 0.131. The molecule has 0 rings (SSSR count). The van der Waals surface area contributed by atoms with E-state index in [-0.39, 0.29) is 4.43 Å². The molecule has 0 aromatic carbocycles. The van der Waals surface area contributed by atoms with Crippen molar-refractivity contribution in [1.82, 2.24) is 0 Å². The van der Waals surface area contributed by atoms with Gasteiger partial charge in [0.15, 0.2) is 0 Å². The molecule has 7 heavy (non-hydrogen) atoms. The van der Waals surface area contributed by atoms with E-state index in [4.69, 9.17) is 30.3 Å². The summed E-state index contributed by atoms with van der Waals surface area (Å²) in [6.07, 6.45) is 0. The summed E-state index contributed by atoms with van der Waals surface area (Å²) in [4.78, 5) is 0. The average Bonchev–Trinajstić information content (AvgIpc) is 1.65. The van der Waals surface area contributed by atoms with Gasteiger partial charge in [0.2, 0.25) is 0 Å². The van der Waals surface area contributed by atoms with Crippen molar-refractivity contribution in [3.8, 4) is 0 Å². The third-order valence-electron chi connectivity index (χ3n) is 0.388. The molecule has 0 aliphatic carbocycles. The van der Waals surface area contributed by atoms with Crippen LogP contribution in [0.2, 0.25) is 0 Å². The Hall–Kier alpha value is 1.19. The normalized spacial score (nSPS) is 16.3. The van der Waals surface area contributed by atoms with Crippen LogP contribution in [0.15, 0.2) is 0 Å². The van der Waals surface area contributed by atoms with Crippen LogP contribution in [0.25, 0.3) is 0 Å². The standard InChI is InChI=1S/C2H7N2.2ClH.Pt/c3-1-2-4;;;/h1H,2-4H2;2*1H;/q;;;+2/p-2. The molecule has 0 saturated carbocycles. The predicted octanol–water partition coefficient (Wildman–Crippen LogP) is 0.156. The summed E-state index contributed by atoms with van der Waals surface area (Å²) in [5.74, 6) is 0. The number of hydrogen-bond donors (Lipinski definition) is 2. The SMILES string of the molecule is NC[CH](N)[Pt]([Cl])[Cl]. The van der Waals surface area contributed by atoms with Crippen molar-refractivity contribution in [2.45, 2.75) is 4.43 Å². The van der Waals surface area contributed by atoms with Gasteiger partial charge in [0.1, 0.15) is 0 Å². The summed E-state index contributed by atoms with van der Waals surface area (Å²) in [6.45, 7) is 0.401. The molecule has 0 saturated heterocycles. The topological polar surface area (TPSA) is 52.0 Å². The summed E-state index contributed by atoms with van der Waals surface area (Å²) >= 11 is -1.82. The summed E-state index contributed by atoms with van der Waals surface area (Å²) < 4.78 is -0.131. The molecule has 0 bridgehead atoms. The Balaban J connectivity index is 3.14. The van der Waals surface area contributed by atoms with E-state index in [9.17, 15) is 0 Å². The first-order valence-corrected chi connectivity index (χ1v) is 8.51. The van der Waals surface area contributed by atoms with E-state index in [1.165, 1.54) is 0 Å².